The average Bonchev–Trinajstić information content (AvgIpc) is 2.74. The van der Waals surface area contributed by atoms with Gasteiger partial charge in [-0.3, -0.25) is 4.79 Å². The van der Waals surface area contributed by atoms with Gasteiger partial charge < -0.3 is 9.73 Å². The molecule has 0 atom stereocenters. The van der Waals surface area contributed by atoms with E-state index in [2.05, 4.69) is 37.7 Å². The summed E-state index contributed by atoms with van der Waals surface area (Å²) in [5.41, 5.74) is 1.79. The van der Waals surface area contributed by atoms with E-state index in [0.29, 0.717) is 27.7 Å². The molecule has 0 bridgehead atoms. The summed E-state index contributed by atoms with van der Waals surface area (Å²) in [5, 5.41) is 3.25. The van der Waals surface area contributed by atoms with Crippen molar-refractivity contribution in [2.75, 3.05) is 5.32 Å². The lowest BCUT2D eigenvalue weighted by Crippen LogP contribution is -2.13. The van der Waals surface area contributed by atoms with Crippen molar-refractivity contribution in [1.82, 2.24) is 4.98 Å². The third-order valence-electron chi connectivity index (χ3n) is 3.89. The number of allylic oxidation sites excluding steroid dienone is 3. The van der Waals surface area contributed by atoms with Crippen LogP contribution in [0.1, 0.15) is 27.7 Å². The molecule has 0 unspecified atom stereocenters. The quantitative estimate of drug-likeness (QED) is 0.400. The molecular formula is C26H28N2O3. The number of nitrogens with one attached hydrogen (secondary N) is 1. The van der Waals surface area contributed by atoms with Crippen molar-refractivity contribution >= 4 is 22.5 Å². The maximum Gasteiger partial charge on any atom is 0.347 e. The van der Waals surface area contributed by atoms with E-state index in [9.17, 15) is 9.59 Å². The van der Waals surface area contributed by atoms with Gasteiger partial charge in [0.1, 0.15) is 0 Å². The van der Waals surface area contributed by atoms with Crippen LogP contribution >= 0.6 is 0 Å². The summed E-state index contributed by atoms with van der Waals surface area (Å²) < 4.78 is 5.35. The summed E-state index contributed by atoms with van der Waals surface area (Å²) in [6, 6.07) is 14.0. The second kappa shape index (κ2) is 11.5. The lowest BCUT2D eigenvalue weighted by molar-refractivity contribution is -0.112. The first-order valence-corrected chi connectivity index (χ1v) is 10.1. The largest absolute Gasteiger partial charge is 0.403 e. The molecule has 2 aromatic carbocycles. The van der Waals surface area contributed by atoms with Gasteiger partial charge >= 0.3 is 5.63 Å². The minimum Gasteiger partial charge on any atom is -0.403 e. The minimum atomic E-state index is -0.448. The first-order chi connectivity index (χ1) is 14.8. The second-order valence-corrected chi connectivity index (χ2v) is 7.43. The molecule has 1 amide bonds. The van der Waals surface area contributed by atoms with Crippen LogP contribution in [0.15, 0.2) is 94.2 Å². The molecule has 0 fully saturated rings. The van der Waals surface area contributed by atoms with Gasteiger partial charge in [0.05, 0.1) is 10.9 Å². The van der Waals surface area contributed by atoms with Gasteiger partial charge in [0, 0.05) is 16.8 Å². The molecule has 0 aliphatic carbocycles. The van der Waals surface area contributed by atoms with Gasteiger partial charge in [-0.1, -0.05) is 63.8 Å². The lowest BCUT2D eigenvalue weighted by Gasteiger charge is -2.07. The standard InChI is InChI=1S/C22H18N2O3.C4H10/c1-3-5-9-15(4-2)20(25)23-17-11-8-10-16(14-17)21-24-19-13-7-6-12-18(19)22(26)27-21;1-4(2)3/h3-14H,1H2,2H3,(H,23,25);4H,1-3H3/b9-5-,15-4+;. The van der Waals surface area contributed by atoms with E-state index < -0.39 is 5.63 Å². The molecule has 0 aliphatic heterocycles. The maximum absolute atomic E-state index is 12.4. The third kappa shape index (κ3) is 6.93. The van der Waals surface area contributed by atoms with Crippen LogP contribution in [0.3, 0.4) is 0 Å². The van der Waals surface area contributed by atoms with Crippen LogP contribution < -0.4 is 10.9 Å². The predicted molar refractivity (Wildman–Crippen MR) is 128 cm³/mol. The molecule has 0 aliphatic rings. The number of hydrogen-bond donors (Lipinski definition) is 1. The Balaban J connectivity index is 0.000000785. The first-order valence-electron chi connectivity index (χ1n) is 10.1. The van der Waals surface area contributed by atoms with Crippen molar-refractivity contribution in [1.29, 1.82) is 0 Å². The molecule has 160 valence electrons. The molecule has 31 heavy (non-hydrogen) atoms. The van der Waals surface area contributed by atoms with Crippen molar-refractivity contribution < 1.29 is 9.21 Å². The van der Waals surface area contributed by atoms with Gasteiger partial charge in [0.15, 0.2) is 0 Å². The van der Waals surface area contributed by atoms with Crippen LogP contribution in [0, 0.1) is 5.92 Å². The Morgan fingerprint density at radius 1 is 1.13 bits per heavy atom. The van der Waals surface area contributed by atoms with Gasteiger partial charge in [-0.2, -0.15) is 0 Å². The van der Waals surface area contributed by atoms with Crippen LogP contribution in [0.4, 0.5) is 5.69 Å². The number of nitrogens with zero attached hydrogens (tertiary/aromatic N) is 1. The number of amides is 1. The fraction of sp³-hybridized carbons (Fsp3) is 0.192. The molecular weight excluding hydrogens is 388 g/mol. The summed E-state index contributed by atoms with van der Waals surface area (Å²) in [7, 11) is 0. The van der Waals surface area contributed by atoms with Gasteiger partial charge in [0.2, 0.25) is 5.89 Å². The Labute approximate surface area is 182 Å². The topological polar surface area (TPSA) is 72.2 Å². The van der Waals surface area contributed by atoms with Crippen molar-refractivity contribution in [3.63, 3.8) is 0 Å². The van der Waals surface area contributed by atoms with Crippen molar-refractivity contribution in [3.8, 4) is 11.5 Å². The lowest BCUT2D eigenvalue weighted by atomic mass is 10.1. The molecule has 5 heteroatoms. The van der Waals surface area contributed by atoms with Crippen molar-refractivity contribution in [2.24, 2.45) is 5.92 Å². The van der Waals surface area contributed by atoms with E-state index in [0.717, 1.165) is 5.92 Å². The van der Waals surface area contributed by atoms with E-state index >= 15 is 0 Å². The van der Waals surface area contributed by atoms with Crippen LogP contribution in [-0.2, 0) is 4.79 Å². The first kappa shape index (κ1) is 23.5. The van der Waals surface area contributed by atoms with Gasteiger partial charge in [-0.25, -0.2) is 9.78 Å². The highest BCUT2D eigenvalue weighted by Crippen LogP contribution is 2.22. The van der Waals surface area contributed by atoms with E-state index in [1.54, 1.807) is 73.7 Å². The molecule has 1 aromatic heterocycles. The smallest absolute Gasteiger partial charge is 0.347 e. The Morgan fingerprint density at radius 3 is 2.52 bits per heavy atom. The molecule has 0 radical (unpaired) electrons. The molecule has 1 N–H and O–H groups in total. The van der Waals surface area contributed by atoms with E-state index in [1.165, 1.54) is 0 Å². The summed E-state index contributed by atoms with van der Waals surface area (Å²) in [6.45, 7) is 11.9. The zero-order valence-corrected chi connectivity index (χ0v) is 18.4. The molecule has 0 saturated carbocycles. The zero-order chi connectivity index (χ0) is 22.8. The summed E-state index contributed by atoms with van der Waals surface area (Å²) >= 11 is 0. The van der Waals surface area contributed by atoms with Crippen LogP contribution in [0.2, 0.25) is 0 Å². The third-order valence-corrected chi connectivity index (χ3v) is 3.89. The maximum atomic E-state index is 12.4. The van der Waals surface area contributed by atoms with Gasteiger partial charge in [-0.15, -0.1) is 0 Å². The van der Waals surface area contributed by atoms with Gasteiger partial charge in [-0.05, 0) is 49.2 Å². The van der Waals surface area contributed by atoms with Crippen molar-refractivity contribution in [2.45, 2.75) is 27.7 Å². The second-order valence-electron chi connectivity index (χ2n) is 7.43. The molecule has 5 nitrogen and oxygen atoms in total. The number of benzene rings is 2. The highest BCUT2D eigenvalue weighted by Gasteiger charge is 2.10. The number of para-hydroxylation sites is 1. The number of rotatable bonds is 5. The molecule has 3 aromatic rings. The fourth-order valence-corrected chi connectivity index (χ4v) is 2.55. The molecule has 0 spiro atoms. The number of carbonyl (C=O) groups excluding carboxylic acids is 1. The highest BCUT2D eigenvalue weighted by atomic mass is 16.4. The van der Waals surface area contributed by atoms with Crippen LogP contribution in [-0.4, -0.2) is 10.9 Å². The number of anilines is 1. The summed E-state index contributed by atoms with van der Waals surface area (Å²) in [4.78, 5) is 28.9. The van der Waals surface area contributed by atoms with Crippen LogP contribution in [0.5, 0.6) is 0 Å². The van der Waals surface area contributed by atoms with E-state index in [-0.39, 0.29) is 11.8 Å². The monoisotopic (exact) mass is 416 g/mol. The molecule has 0 saturated heterocycles. The Morgan fingerprint density at radius 2 is 1.84 bits per heavy atom. The number of fused-ring (bicyclic) bond motifs is 1. The minimum absolute atomic E-state index is 0.201. The van der Waals surface area contributed by atoms with E-state index in [1.807, 2.05) is 6.07 Å². The summed E-state index contributed by atoms with van der Waals surface area (Å²) in [6.07, 6.45) is 6.68. The predicted octanol–water partition coefficient (Wildman–Crippen LogP) is 6.14. The average molecular weight is 417 g/mol. The highest BCUT2D eigenvalue weighted by molar-refractivity contribution is 6.05. The van der Waals surface area contributed by atoms with Crippen LogP contribution in [0.25, 0.3) is 22.4 Å². The Hall–Kier alpha value is -3.73. The normalized spacial score (nSPS) is 11.3. The van der Waals surface area contributed by atoms with E-state index in [4.69, 9.17) is 4.42 Å². The summed E-state index contributed by atoms with van der Waals surface area (Å²) in [5.74, 6) is 0.785. The Bertz CT molecular complexity index is 1170. The fourth-order valence-electron chi connectivity index (χ4n) is 2.55. The SMILES string of the molecule is C=C/C=C\C(=C/C)C(=O)Nc1cccc(-c2nc3ccccc3c(=O)o2)c1.CC(C)C. The number of hydrogen-bond acceptors (Lipinski definition) is 4. The molecule has 3 rings (SSSR count). The van der Waals surface area contributed by atoms with Gasteiger partial charge in [0.25, 0.3) is 5.91 Å². The molecule has 1 heterocycles. The Kier molecular flexibility index (Phi) is 8.70. The number of carbonyl (C=O) groups is 1. The number of aromatic nitrogens is 1. The van der Waals surface area contributed by atoms with Crippen molar-refractivity contribution in [3.05, 3.63) is 95.4 Å². The zero-order valence-electron chi connectivity index (χ0n) is 18.4.